The van der Waals surface area contributed by atoms with Gasteiger partial charge in [-0.1, -0.05) is 30.3 Å². The fourth-order valence-corrected chi connectivity index (χ4v) is 3.27. The van der Waals surface area contributed by atoms with E-state index >= 15 is 0 Å². The molecule has 5 nitrogen and oxygen atoms in total. The molecule has 0 unspecified atom stereocenters. The molecule has 0 bridgehead atoms. The molecule has 0 aliphatic heterocycles. The van der Waals surface area contributed by atoms with Crippen molar-refractivity contribution in [2.45, 2.75) is 6.92 Å². The van der Waals surface area contributed by atoms with Gasteiger partial charge in [-0.25, -0.2) is 4.39 Å². The Balaban J connectivity index is 1.52. The van der Waals surface area contributed by atoms with Gasteiger partial charge >= 0.3 is 0 Å². The largest absolute Gasteiger partial charge is 0.484 e. The van der Waals surface area contributed by atoms with Crippen LogP contribution in [0.25, 0.3) is 10.4 Å². The van der Waals surface area contributed by atoms with Crippen LogP contribution in [0.4, 0.5) is 4.39 Å². The van der Waals surface area contributed by atoms with Crippen LogP contribution in [-0.2, 0) is 4.79 Å². The van der Waals surface area contributed by atoms with E-state index in [0.717, 1.165) is 16.9 Å². The molecule has 0 saturated heterocycles. The minimum atomic E-state index is -0.490. The van der Waals surface area contributed by atoms with Crippen molar-refractivity contribution < 1.29 is 18.7 Å². The number of rotatable bonds is 5. The van der Waals surface area contributed by atoms with Crippen molar-refractivity contribution in [3.63, 3.8) is 0 Å². The van der Waals surface area contributed by atoms with Crippen LogP contribution in [0.1, 0.15) is 15.2 Å². The average molecular weight is 384 g/mol. The zero-order valence-electron chi connectivity index (χ0n) is 14.5. The van der Waals surface area contributed by atoms with Crippen molar-refractivity contribution in [1.29, 1.82) is 0 Å². The lowest BCUT2D eigenvalue weighted by atomic mass is 10.2. The van der Waals surface area contributed by atoms with Crippen LogP contribution in [0.3, 0.4) is 0 Å². The fraction of sp³-hybridized carbons (Fsp3) is 0.100. The van der Waals surface area contributed by atoms with E-state index in [9.17, 15) is 14.0 Å². The summed E-state index contributed by atoms with van der Waals surface area (Å²) >= 11 is 1.14. The van der Waals surface area contributed by atoms with Gasteiger partial charge in [0.2, 0.25) is 0 Å². The van der Waals surface area contributed by atoms with Gasteiger partial charge in [0.1, 0.15) is 11.6 Å². The maximum absolute atomic E-state index is 13.8. The fourth-order valence-electron chi connectivity index (χ4n) is 2.34. The van der Waals surface area contributed by atoms with Gasteiger partial charge < -0.3 is 4.74 Å². The predicted octanol–water partition coefficient (Wildman–Crippen LogP) is 3.70. The van der Waals surface area contributed by atoms with E-state index in [1.165, 1.54) is 6.07 Å². The number of thiophene rings is 1. The average Bonchev–Trinajstić information content (AvgIpc) is 3.15. The number of halogens is 1. The first kappa shape index (κ1) is 18.6. The summed E-state index contributed by atoms with van der Waals surface area (Å²) in [5.41, 5.74) is 6.07. The molecule has 0 fully saturated rings. The summed E-state index contributed by atoms with van der Waals surface area (Å²) in [7, 11) is 0. The van der Waals surface area contributed by atoms with Crippen LogP contribution in [-0.4, -0.2) is 18.4 Å². The van der Waals surface area contributed by atoms with Gasteiger partial charge in [0, 0.05) is 10.4 Å². The highest BCUT2D eigenvalue weighted by Crippen LogP contribution is 2.29. The third-order valence-corrected chi connectivity index (χ3v) is 4.76. The predicted molar refractivity (Wildman–Crippen MR) is 102 cm³/mol. The zero-order chi connectivity index (χ0) is 19.2. The molecule has 0 aliphatic rings. The summed E-state index contributed by atoms with van der Waals surface area (Å²) in [4.78, 5) is 24.9. The van der Waals surface area contributed by atoms with Crippen molar-refractivity contribution in [2.24, 2.45) is 0 Å². The zero-order valence-corrected chi connectivity index (χ0v) is 15.3. The molecular weight excluding hydrogens is 367 g/mol. The van der Waals surface area contributed by atoms with Gasteiger partial charge in [-0.2, -0.15) is 0 Å². The Bertz CT molecular complexity index is 971. The van der Waals surface area contributed by atoms with E-state index < -0.39 is 11.8 Å². The molecule has 27 heavy (non-hydrogen) atoms. The molecule has 0 saturated carbocycles. The SMILES string of the molecule is Cc1cccc(OCC(=O)NNC(=O)c2ccc(-c3ccccc3F)s2)c1. The lowest BCUT2D eigenvalue weighted by Crippen LogP contribution is -2.43. The van der Waals surface area contributed by atoms with E-state index in [1.807, 2.05) is 25.1 Å². The maximum Gasteiger partial charge on any atom is 0.279 e. The summed E-state index contributed by atoms with van der Waals surface area (Å²) in [6, 6.07) is 16.9. The Morgan fingerprint density at radius 1 is 1.04 bits per heavy atom. The summed E-state index contributed by atoms with van der Waals surface area (Å²) in [5, 5.41) is 0. The molecule has 2 amide bonds. The van der Waals surface area contributed by atoms with Crippen LogP contribution in [0, 0.1) is 12.7 Å². The van der Waals surface area contributed by atoms with E-state index in [1.54, 1.807) is 36.4 Å². The highest BCUT2D eigenvalue weighted by atomic mass is 32.1. The molecule has 0 radical (unpaired) electrons. The summed E-state index contributed by atoms with van der Waals surface area (Å²) in [6.07, 6.45) is 0. The second kappa shape index (κ2) is 8.46. The highest BCUT2D eigenvalue weighted by Gasteiger charge is 2.13. The van der Waals surface area contributed by atoms with E-state index in [4.69, 9.17) is 4.74 Å². The van der Waals surface area contributed by atoms with E-state index in [-0.39, 0.29) is 12.4 Å². The summed E-state index contributed by atoms with van der Waals surface area (Å²) in [5.74, 6) is -0.751. The first-order valence-corrected chi connectivity index (χ1v) is 8.98. The Labute approximate surface area is 159 Å². The number of hydrogen-bond acceptors (Lipinski definition) is 4. The lowest BCUT2D eigenvalue weighted by Gasteiger charge is -2.08. The van der Waals surface area contributed by atoms with Crippen LogP contribution < -0.4 is 15.6 Å². The smallest absolute Gasteiger partial charge is 0.279 e. The third-order valence-electron chi connectivity index (χ3n) is 3.64. The van der Waals surface area contributed by atoms with Crippen LogP contribution in [0.5, 0.6) is 5.75 Å². The van der Waals surface area contributed by atoms with Crippen LogP contribution >= 0.6 is 11.3 Å². The number of nitrogens with one attached hydrogen (secondary N) is 2. The first-order valence-electron chi connectivity index (χ1n) is 8.16. The van der Waals surface area contributed by atoms with E-state index in [0.29, 0.717) is 21.1 Å². The van der Waals surface area contributed by atoms with Crippen molar-refractivity contribution in [3.05, 3.63) is 76.9 Å². The highest BCUT2D eigenvalue weighted by molar-refractivity contribution is 7.17. The molecule has 1 heterocycles. The summed E-state index contributed by atoms with van der Waals surface area (Å²) in [6.45, 7) is 1.69. The lowest BCUT2D eigenvalue weighted by molar-refractivity contribution is -0.123. The number of hydrogen-bond donors (Lipinski definition) is 2. The molecule has 0 aliphatic carbocycles. The monoisotopic (exact) mass is 384 g/mol. The number of benzene rings is 2. The Hall–Kier alpha value is -3.19. The molecule has 3 rings (SSSR count). The number of amides is 2. The number of aryl methyl sites for hydroxylation is 1. The first-order chi connectivity index (χ1) is 13.0. The van der Waals surface area contributed by atoms with Crippen molar-refractivity contribution in [3.8, 4) is 16.2 Å². The topological polar surface area (TPSA) is 67.4 Å². The van der Waals surface area contributed by atoms with Gasteiger partial charge in [-0.05, 0) is 42.8 Å². The van der Waals surface area contributed by atoms with Crippen LogP contribution in [0.2, 0.25) is 0 Å². The van der Waals surface area contributed by atoms with E-state index in [2.05, 4.69) is 10.9 Å². The minimum Gasteiger partial charge on any atom is -0.484 e. The van der Waals surface area contributed by atoms with Gasteiger partial charge in [0.05, 0.1) is 4.88 Å². The maximum atomic E-state index is 13.8. The van der Waals surface area contributed by atoms with Gasteiger partial charge in [0.15, 0.2) is 6.61 Å². The van der Waals surface area contributed by atoms with Crippen molar-refractivity contribution in [1.82, 2.24) is 10.9 Å². The molecule has 0 atom stereocenters. The quantitative estimate of drug-likeness (QED) is 0.659. The second-order valence-corrected chi connectivity index (χ2v) is 6.84. The Kier molecular flexibility index (Phi) is 5.83. The third kappa shape index (κ3) is 4.92. The number of hydrazine groups is 1. The molecule has 138 valence electrons. The van der Waals surface area contributed by atoms with Gasteiger partial charge in [-0.15, -0.1) is 11.3 Å². The molecule has 2 N–H and O–H groups in total. The Morgan fingerprint density at radius 2 is 1.85 bits per heavy atom. The molecule has 7 heteroatoms. The Morgan fingerprint density at radius 3 is 2.63 bits per heavy atom. The molecule has 1 aromatic heterocycles. The summed E-state index contributed by atoms with van der Waals surface area (Å²) < 4.78 is 19.2. The molecule has 0 spiro atoms. The number of carbonyl (C=O) groups excluding carboxylic acids is 2. The number of carbonyl (C=O) groups is 2. The molecule has 3 aromatic rings. The molecular formula is C20H17FN2O3S. The van der Waals surface area contributed by atoms with Crippen LogP contribution in [0.15, 0.2) is 60.7 Å². The van der Waals surface area contributed by atoms with Gasteiger partial charge in [-0.3, -0.25) is 20.4 Å². The van der Waals surface area contributed by atoms with Crippen molar-refractivity contribution >= 4 is 23.2 Å². The number of ether oxygens (including phenoxy) is 1. The van der Waals surface area contributed by atoms with Crippen molar-refractivity contribution in [2.75, 3.05) is 6.61 Å². The second-order valence-electron chi connectivity index (χ2n) is 5.75. The normalized spacial score (nSPS) is 10.3. The van der Waals surface area contributed by atoms with Gasteiger partial charge in [0.25, 0.3) is 11.8 Å². The minimum absolute atomic E-state index is 0.228. The molecule has 2 aromatic carbocycles. The standard InChI is InChI=1S/C20H17FN2O3S/c1-13-5-4-6-14(11-13)26-12-19(24)22-23-20(25)18-10-9-17(27-18)15-7-2-3-8-16(15)21/h2-11H,12H2,1H3,(H,22,24)(H,23,25).